The molecular weight excluding hydrogens is 641 g/mol. The van der Waals surface area contributed by atoms with Gasteiger partial charge in [0.2, 0.25) is 17.5 Å². The Balaban J connectivity index is 1.19. The van der Waals surface area contributed by atoms with Gasteiger partial charge in [0.15, 0.2) is 0 Å². The highest BCUT2D eigenvalue weighted by Crippen LogP contribution is 2.48. The van der Waals surface area contributed by atoms with Crippen LogP contribution < -0.4 is 26.6 Å². The first-order valence-corrected chi connectivity index (χ1v) is 16.3. The van der Waals surface area contributed by atoms with E-state index < -0.39 is 28.7 Å². The third-order valence-corrected chi connectivity index (χ3v) is 10.5. The van der Waals surface area contributed by atoms with Crippen LogP contribution in [0, 0.1) is 5.82 Å². The standard InChI is InChI=1S/C34H35ClFN7O5/c1-17-19(6-5-7-22(17)37-30(45)29-32(46)41(2)33(47)42(3)40-29)27-21(36)10-9-20(28(27)35)23-14-18-8-11-24(26(18)31(38-23)48-4)43-15-34(16-43)13-12-25(44)39-34/h7,9-10,14,24H,5-6,8,11-13,15-16H2,1-4H3,(H,37,45)(H,39,44)/t24-/m0/s1. The van der Waals surface area contributed by atoms with Gasteiger partial charge in [-0.3, -0.25) is 23.9 Å². The molecule has 2 aliphatic heterocycles. The van der Waals surface area contributed by atoms with Gasteiger partial charge < -0.3 is 15.4 Å². The zero-order valence-corrected chi connectivity index (χ0v) is 27.8. The summed E-state index contributed by atoms with van der Waals surface area (Å²) in [5.41, 5.74) is 3.01. The van der Waals surface area contributed by atoms with Crippen molar-refractivity contribution >= 4 is 29.0 Å². The first-order valence-electron chi connectivity index (χ1n) is 15.9. The Morgan fingerprint density at radius 3 is 2.65 bits per heavy atom. The van der Waals surface area contributed by atoms with Crippen molar-refractivity contribution in [2.75, 3.05) is 20.2 Å². The number of methoxy groups -OCH3 is 1. The molecule has 3 aromatic rings. The fourth-order valence-corrected chi connectivity index (χ4v) is 7.94. The summed E-state index contributed by atoms with van der Waals surface area (Å²) in [5, 5.41) is 9.92. The topological polar surface area (TPSA) is 140 Å². The van der Waals surface area contributed by atoms with E-state index in [2.05, 4.69) is 20.6 Å². The maximum absolute atomic E-state index is 15.6. The highest BCUT2D eigenvalue weighted by molar-refractivity contribution is 6.35. The van der Waals surface area contributed by atoms with E-state index >= 15 is 4.39 Å². The van der Waals surface area contributed by atoms with Crippen LogP contribution in [-0.4, -0.2) is 61.8 Å². The number of amides is 2. The first-order chi connectivity index (χ1) is 22.9. The van der Waals surface area contributed by atoms with Crippen LogP contribution in [0.1, 0.15) is 72.2 Å². The summed E-state index contributed by atoms with van der Waals surface area (Å²) < 4.78 is 23.2. The van der Waals surface area contributed by atoms with Crippen LogP contribution in [0.3, 0.4) is 0 Å². The number of carbonyl (C=O) groups is 2. The van der Waals surface area contributed by atoms with Gasteiger partial charge in [0.05, 0.1) is 23.4 Å². The molecule has 4 heterocycles. The van der Waals surface area contributed by atoms with E-state index in [4.69, 9.17) is 21.3 Å². The molecule has 2 aromatic heterocycles. The van der Waals surface area contributed by atoms with Crippen molar-refractivity contribution in [1.82, 2.24) is 34.9 Å². The van der Waals surface area contributed by atoms with Gasteiger partial charge in [-0.05, 0) is 73.9 Å². The molecule has 7 rings (SSSR count). The highest BCUT2D eigenvalue weighted by Gasteiger charge is 2.51. The average Bonchev–Trinajstić information content (AvgIpc) is 3.66. The van der Waals surface area contributed by atoms with Crippen LogP contribution in [0.4, 0.5) is 4.39 Å². The largest absolute Gasteiger partial charge is 0.481 e. The molecule has 2 N–H and O–H groups in total. The second kappa shape index (κ2) is 11.8. The molecular formula is C34H35ClFN7O5. The summed E-state index contributed by atoms with van der Waals surface area (Å²) in [4.78, 5) is 56.9. The maximum atomic E-state index is 15.6. The van der Waals surface area contributed by atoms with Crippen molar-refractivity contribution < 1.29 is 18.7 Å². The molecule has 2 aliphatic carbocycles. The quantitative estimate of drug-likeness (QED) is 0.406. The summed E-state index contributed by atoms with van der Waals surface area (Å²) in [6.45, 7) is 3.35. The molecule has 2 fully saturated rings. The Labute approximate surface area is 280 Å². The highest BCUT2D eigenvalue weighted by atomic mass is 35.5. The molecule has 0 saturated carbocycles. The SMILES string of the molecule is COc1nc(-c2ccc(F)c(C3=C(C)C(NC(=O)c4nn(C)c(=O)n(C)c4=O)=CCC3)c2Cl)cc2c1[C@@H](N1CC3(CCC(=O)N3)C1)CC2. The van der Waals surface area contributed by atoms with Crippen LogP contribution in [0.15, 0.2) is 45.1 Å². The molecule has 12 nitrogen and oxygen atoms in total. The summed E-state index contributed by atoms with van der Waals surface area (Å²) in [7, 11) is 4.21. The average molecular weight is 676 g/mol. The third-order valence-electron chi connectivity index (χ3n) is 10.1. The van der Waals surface area contributed by atoms with E-state index in [-0.39, 0.29) is 28.1 Å². The van der Waals surface area contributed by atoms with Gasteiger partial charge >= 0.3 is 5.69 Å². The van der Waals surface area contributed by atoms with Gasteiger partial charge in [-0.25, -0.2) is 18.9 Å². The number of fused-ring (bicyclic) bond motifs is 1. The Morgan fingerprint density at radius 2 is 1.94 bits per heavy atom. The van der Waals surface area contributed by atoms with E-state index in [9.17, 15) is 19.2 Å². The molecule has 1 spiro atoms. The molecule has 14 heteroatoms. The Bertz CT molecular complexity index is 2100. The number of nitrogens with one attached hydrogen (secondary N) is 2. The lowest BCUT2D eigenvalue weighted by atomic mass is 9.86. The lowest BCUT2D eigenvalue weighted by Crippen LogP contribution is -2.67. The van der Waals surface area contributed by atoms with Gasteiger partial charge in [0.1, 0.15) is 5.82 Å². The molecule has 2 amide bonds. The fourth-order valence-electron chi connectivity index (χ4n) is 7.57. The lowest BCUT2D eigenvalue weighted by Gasteiger charge is -2.50. The Kier molecular flexibility index (Phi) is 7.86. The number of ether oxygens (including phenoxy) is 1. The van der Waals surface area contributed by atoms with Gasteiger partial charge in [-0.15, -0.1) is 0 Å². The number of halogens is 2. The third kappa shape index (κ3) is 5.16. The molecule has 0 bridgehead atoms. The van der Waals surface area contributed by atoms with E-state index in [1.54, 1.807) is 26.2 Å². The van der Waals surface area contributed by atoms with E-state index in [0.29, 0.717) is 53.2 Å². The van der Waals surface area contributed by atoms with E-state index in [1.807, 2.05) is 6.07 Å². The Morgan fingerprint density at radius 1 is 1.17 bits per heavy atom. The number of benzene rings is 1. The molecule has 1 atom stereocenters. The smallest absolute Gasteiger partial charge is 0.346 e. The number of allylic oxidation sites excluding steroid dienone is 3. The predicted molar refractivity (Wildman–Crippen MR) is 176 cm³/mol. The number of aromatic nitrogens is 4. The van der Waals surface area contributed by atoms with Gasteiger partial charge in [0, 0.05) is 62.0 Å². The minimum atomic E-state index is -0.824. The number of pyridine rings is 1. The summed E-state index contributed by atoms with van der Waals surface area (Å²) in [5.74, 6) is -0.684. The van der Waals surface area contributed by atoms with Crippen LogP contribution in [0.2, 0.25) is 5.02 Å². The molecule has 48 heavy (non-hydrogen) atoms. The second-order valence-corrected chi connectivity index (χ2v) is 13.4. The zero-order valence-electron chi connectivity index (χ0n) is 27.1. The molecule has 250 valence electrons. The first kappa shape index (κ1) is 32.0. The van der Waals surface area contributed by atoms with Crippen LogP contribution >= 0.6 is 11.6 Å². The number of hydrogen-bond acceptors (Lipinski definition) is 8. The maximum Gasteiger partial charge on any atom is 0.346 e. The summed E-state index contributed by atoms with van der Waals surface area (Å²) in [6, 6.07) is 5.11. The van der Waals surface area contributed by atoms with Crippen molar-refractivity contribution in [3.63, 3.8) is 0 Å². The van der Waals surface area contributed by atoms with Crippen molar-refractivity contribution in [3.8, 4) is 17.1 Å². The van der Waals surface area contributed by atoms with Crippen molar-refractivity contribution in [2.45, 2.75) is 57.0 Å². The summed E-state index contributed by atoms with van der Waals surface area (Å²) in [6.07, 6.45) is 5.88. The van der Waals surface area contributed by atoms with Gasteiger partial charge in [-0.1, -0.05) is 17.7 Å². The van der Waals surface area contributed by atoms with Crippen LogP contribution in [-0.2, 0) is 25.3 Å². The molecule has 2 saturated heterocycles. The molecule has 0 radical (unpaired) electrons. The number of carbonyl (C=O) groups excluding carboxylic acids is 2. The van der Waals surface area contributed by atoms with E-state index in [1.165, 1.54) is 20.2 Å². The fraction of sp³-hybridized carbons (Fsp3) is 0.412. The number of nitrogens with zero attached hydrogens (tertiary/aromatic N) is 5. The van der Waals surface area contributed by atoms with Crippen molar-refractivity contribution in [2.24, 2.45) is 14.1 Å². The van der Waals surface area contributed by atoms with Gasteiger partial charge in [-0.2, -0.15) is 5.10 Å². The van der Waals surface area contributed by atoms with E-state index in [0.717, 1.165) is 52.7 Å². The number of hydrogen-bond donors (Lipinski definition) is 2. The monoisotopic (exact) mass is 675 g/mol. The van der Waals surface area contributed by atoms with Crippen LogP contribution in [0.5, 0.6) is 5.88 Å². The lowest BCUT2D eigenvalue weighted by molar-refractivity contribution is -0.121. The van der Waals surface area contributed by atoms with Crippen LogP contribution in [0.25, 0.3) is 16.8 Å². The number of aryl methyl sites for hydroxylation is 2. The molecule has 1 aromatic carbocycles. The number of likely N-dealkylation sites (tertiary alicyclic amines) is 1. The number of rotatable bonds is 6. The molecule has 4 aliphatic rings. The van der Waals surface area contributed by atoms with Crippen molar-refractivity contribution in [3.05, 3.63) is 89.6 Å². The molecule has 0 unspecified atom stereocenters. The predicted octanol–water partition coefficient (Wildman–Crippen LogP) is 3.18. The zero-order chi connectivity index (χ0) is 34.1. The Hall–Kier alpha value is -4.62. The van der Waals surface area contributed by atoms with Crippen molar-refractivity contribution in [1.29, 1.82) is 0 Å². The summed E-state index contributed by atoms with van der Waals surface area (Å²) >= 11 is 7.01. The minimum Gasteiger partial charge on any atom is -0.481 e. The minimum absolute atomic E-state index is 0.114. The van der Waals surface area contributed by atoms with Gasteiger partial charge in [0.25, 0.3) is 11.5 Å². The normalized spacial score (nSPS) is 20.0. The second-order valence-electron chi connectivity index (χ2n) is 13.0.